The van der Waals surface area contributed by atoms with E-state index in [2.05, 4.69) is 24.0 Å². The summed E-state index contributed by atoms with van der Waals surface area (Å²) in [6.45, 7) is 3.92. The van der Waals surface area contributed by atoms with Crippen LogP contribution in [-0.2, 0) is 6.42 Å². The number of benzene rings is 1. The molecule has 0 amide bonds. The average molecular weight is 285 g/mol. The second kappa shape index (κ2) is 6.74. The molecule has 114 valence electrons. The maximum atomic E-state index is 12.5. The molecule has 3 rings (SSSR count). The summed E-state index contributed by atoms with van der Waals surface area (Å²) in [5, 5.41) is 0. The molecular formula is C19H27NO. The maximum Gasteiger partial charge on any atom is 0.176 e. The fourth-order valence-corrected chi connectivity index (χ4v) is 4.18. The zero-order valence-corrected chi connectivity index (χ0v) is 13.2. The molecule has 2 aliphatic rings. The number of carbonyl (C=O) groups excluding carboxylic acids is 1. The summed E-state index contributed by atoms with van der Waals surface area (Å²) in [4.78, 5) is 15.0. The lowest BCUT2D eigenvalue weighted by Crippen LogP contribution is -2.45. The van der Waals surface area contributed by atoms with Gasteiger partial charge in [-0.2, -0.15) is 0 Å². The highest BCUT2D eigenvalue weighted by molar-refractivity contribution is 5.97. The van der Waals surface area contributed by atoms with E-state index in [1.807, 2.05) is 12.1 Å². The van der Waals surface area contributed by atoms with E-state index in [0.717, 1.165) is 30.9 Å². The molecule has 21 heavy (non-hydrogen) atoms. The lowest BCUT2D eigenvalue weighted by molar-refractivity contribution is 0.0777. The van der Waals surface area contributed by atoms with Crippen molar-refractivity contribution in [2.45, 2.75) is 57.9 Å². The number of ketones is 1. The molecule has 1 aliphatic heterocycles. The Labute approximate surface area is 128 Å². The standard InChI is InChI=1S/C19H27NO/c1-2-5-15-9-11-17(12-10-15)19(21)14-20-13-4-7-16-6-3-8-18(16)20/h9-12,16,18H,2-8,13-14H2,1H3. The molecule has 0 bridgehead atoms. The van der Waals surface area contributed by atoms with E-state index in [1.54, 1.807) is 0 Å². The second-order valence-corrected chi connectivity index (χ2v) is 6.74. The zero-order valence-electron chi connectivity index (χ0n) is 13.2. The molecule has 0 N–H and O–H groups in total. The summed E-state index contributed by atoms with van der Waals surface area (Å²) >= 11 is 0. The molecule has 1 aliphatic carbocycles. The van der Waals surface area contributed by atoms with Gasteiger partial charge in [0, 0.05) is 11.6 Å². The Kier molecular flexibility index (Phi) is 4.74. The molecule has 0 aromatic heterocycles. The Morgan fingerprint density at radius 1 is 1.14 bits per heavy atom. The third-order valence-electron chi connectivity index (χ3n) is 5.27. The van der Waals surface area contributed by atoms with Gasteiger partial charge in [-0.1, -0.05) is 44.0 Å². The van der Waals surface area contributed by atoms with Gasteiger partial charge in [0.25, 0.3) is 0 Å². The smallest absolute Gasteiger partial charge is 0.176 e. The fourth-order valence-electron chi connectivity index (χ4n) is 4.18. The predicted molar refractivity (Wildman–Crippen MR) is 86.7 cm³/mol. The van der Waals surface area contributed by atoms with Crippen LogP contribution >= 0.6 is 0 Å². The van der Waals surface area contributed by atoms with Crippen LogP contribution in [0, 0.1) is 5.92 Å². The Morgan fingerprint density at radius 3 is 2.67 bits per heavy atom. The highest BCUT2D eigenvalue weighted by atomic mass is 16.1. The van der Waals surface area contributed by atoms with Crippen molar-refractivity contribution < 1.29 is 4.79 Å². The van der Waals surface area contributed by atoms with Crippen molar-refractivity contribution in [2.24, 2.45) is 5.92 Å². The summed E-state index contributed by atoms with van der Waals surface area (Å²) in [7, 11) is 0. The van der Waals surface area contributed by atoms with Crippen LogP contribution in [0.3, 0.4) is 0 Å². The van der Waals surface area contributed by atoms with Crippen LogP contribution in [-0.4, -0.2) is 29.8 Å². The molecule has 1 aromatic rings. The Balaban J connectivity index is 1.62. The van der Waals surface area contributed by atoms with E-state index in [-0.39, 0.29) is 0 Å². The molecule has 0 radical (unpaired) electrons. The lowest BCUT2D eigenvalue weighted by atomic mass is 9.91. The van der Waals surface area contributed by atoms with E-state index in [9.17, 15) is 4.79 Å². The molecule has 2 fully saturated rings. The fraction of sp³-hybridized carbons (Fsp3) is 0.632. The van der Waals surface area contributed by atoms with Gasteiger partial charge in [0.15, 0.2) is 5.78 Å². The van der Waals surface area contributed by atoms with Crippen LogP contribution in [0.2, 0.25) is 0 Å². The van der Waals surface area contributed by atoms with Gasteiger partial charge in [-0.3, -0.25) is 9.69 Å². The Bertz CT molecular complexity index is 479. The van der Waals surface area contributed by atoms with Crippen molar-refractivity contribution in [3.63, 3.8) is 0 Å². The number of fused-ring (bicyclic) bond motifs is 1. The average Bonchev–Trinajstić information content (AvgIpc) is 2.98. The SMILES string of the molecule is CCCc1ccc(C(=O)CN2CCCC3CCCC32)cc1. The maximum absolute atomic E-state index is 12.5. The van der Waals surface area contributed by atoms with Crippen LogP contribution < -0.4 is 0 Å². The third kappa shape index (κ3) is 3.37. The Morgan fingerprint density at radius 2 is 1.90 bits per heavy atom. The van der Waals surface area contributed by atoms with Crippen LogP contribution in [0.1, 0.15) is 61.4 Å². The van der Waals surface area contributed by atoms with Crippen LogP contribution in [0.5, 0.6) is 0 Å². The quantitative estimate of drug-likeness (QED) is 0.760. The molecular weight excluding hydrogens is 258 g/mol. The van der Waals surface area contributed by atoms with Crippen LogP contribution in [0.25, 0.3) is 0 Å². The highest BCUT2D eigenvalue weighted by Crippen LogP contribution is 2.36. The van der Waals surface area contributed by atoms with Gasteiger partial charge in [0.05, 0.1) is 6.54 Å². The first-order chi connectivity index (χ1) is 10.3. The number of rotatable bonds is 5. The molecule has 2 heteroatoms. The minimum atomic E-state index is 0.297. The lowest BCUT2D eigenvalue weighted by Gasteiger charge is -2.37. The molecule has 2 nitrogen and oxygen atoms in total. The van der Waals surface area contributed by atoms with Crippen molar-refractivity contribution in [3.8, 4) is 0 Å². The molecule has 2 unspecified atom stereocenters. The summed E-state index contributed by atoms with van der Waals surface area (Å²) < 4.78 is 0. The molecule has 1 heterocycles. The third-order valence-corrected chi connectivity index (χ3v) is 5.27. The van der Waals surface area contributed by atoms with Gasteiger partial charge in [-0.25, -0.2) is 0 Å². The summed E-state index contributed by atoms with van der Waals surface area (Å²) in [6.07, 6.45) is 8.93. The number of likely N-dealkylation sites (tertiary alicyclic amines) is 1. The number of aryl methyl sites for hydroxylation is 1. The number of hydrogen-bond acceptors (Lipinski definition) is 2. The van der Waals surface area contributed by atoms with Crippen molar-refractivity contribution in [3.05, 3.63) is 35.4 Å². The normalized spacial score (nSPS) is 25.8. The van der Waals surface area contributed by atoms with Gasteiger partial charge in [-0.15, -0.1) is 0 Å². The number of carbonyl (C=O) groups is 1. The van der Waals surface area contributed by atoms with Gasteiger partial charge >= 0.3 is 0 Å². The van der Waals surface area contributed by atoms with Gasteiger partial charge in [0.1, 0.15) is 0 Å². The molecule has 2 atom stereocenters. The van der Waals surface area contributed by atoms with Crippen molar-refractivity contribution in [1.82, 2.24) is 4.90 Å². The first-order valence-corrected chi connectivity index (χ1v) is 8.64. The van der Waals surface area contributed by atoms with E-state index >= 15 is 0 Å². The van der Waals surface area contributed by atoms with Crippen LogP contribution in [0.4, 0.5) is 0 Å². The van der Waals surface area contributed by atoms with Gasteiger partial charge < -0.3 is 0 Å². The van der Waals surface area contributed by atoms with Crippen molar-refractivity contribution in [2.75, 3.05) is 13.1 Å². The molecule has 1 aromatic carbocycles. The van der Waals surface area contributed by atoms with E-state index in [0.29, 0.717) is 18.4 Å². The van der Waals surface area contributed by atoms with E-state index in [4.69, 9.17) is 0 Å². The van der Waals surface area contributed by atoms with Crippen molar-refractivity contribution >= 4 is 5.78 Å². The number of Topliss-reactive ketones (excluding diaryl/α,β-unsaturated/α-hetero) is 1. The molecule has 0 spiro atoms. The second-order valence-electron chi connectivity index (χ2n) is 6.74. The summed E-state index contributed by atoms with van der Waals surface area (Å²) in [6, 6.07) is 8.95. The zero-order chi connectivity index (χ0) is 14.7. The highest BCUT2D eigenvalue weighted by Gasteiger charge is 2.35. The minimum absolute atomic E-state index is 0.297. The predicted octanol–water partition coefficient (Wildman–Crippen LogP) is 4.09. The first-order valence-electron chi connectivity index (χ1n) is 8.64. The molecule has 1 saturated carbocycles. The molecule has 1 saturated heterocycles. The summed E-state index contributed by atoms with van der Waals surface area (Å²) in [5.41, 5.74) is 2.22. The monoisotopic (exact) mass is 285 g/mol. The summed E-state index contributed by atoms with van der Waals surface area (Å²) in [5.74, 6) is 1.16. The largest absolute Gasteiger partial charge is 0.293 e. The number of hydrogen-bond donors (Lipinski definition) is 0. The van der Waals surface area contributed by atoms with Crippen molar-refractivity contribution in [1.29, 1.82) is 0 Å². The first kappa shape index (κ1) is 14.8. The number of piperidine rings is 1. The van der Waals surface area contributed by atoms with Crippen LogP contribution in [0.15, 0.2) is 24.3 Å². The topological polar surface area (TPSA) is 20.3 Å². The number of nitrogens with zero attached hydrogens (tertiary/aromatic N) is 1. The minimum Gasteiger partial charge on any atom is -0.293 e. The van der Waals surface area contributed by atoms with E-state index in [1.165, 1.54) is 37.7 Å². The van der Waals surface area contributed by atoms with Gasteiger partial charge in [-0.05, 0) is 50.1 Å². The van der Waals surface area contributed by atoms with Gasteiger partial charge in [0.2, 0.25) is 0 Å². The van der Waals surface area contributed by atoms with E-state index < -0.39 is 0 Å². The Hall–Kier alpha value is -1.15.